The maximum absolute atomic E-state index is 6.12. The molecule has 5 heteroatoms. The smallest absolute Gasteiger partial charge is 0.0643 e. The van der Waals surface area contributed by atoms with Crippen molar-refractivity contribution in [1.29, 1.82) is 0 Å². The molecule has 0 saturated carbocycles. The van der Waals surface area contributed by atoms with Gasteiger partial charge < -0.3 is 5.32 Å². The Bertz CT molecular complexity index is 566. The highest BCUT2D eigenvalue weighted by atomic mass is 35.5. The van der Waals surface area contributed by atoms with Crippen molar-refractivity contribution in [2.45, 2.75) is 25.8 Å². The van der Waals surface area contributed by atoms with Crippen LogP contribution in [0.25, 0.3) is 0 Å². The Labute approximate surface area is 129 Å². The van der Waals surface area contributed by atoms with Crippen LogP contribution in [0, 0.1) is 0 Å². The third-order valence-corrected chi connectivity index (χ3v) is 3.91. The first-order chi connectivity index (χ1) is 9.60. The number of rotatable bonds is 6. The van der Waals surface area contributed by atoms with Crippen LogP contribution in [0.15, 0.2) is 30.5 Å². The monoisotopic (exact) mass is 311 g/mol. The normalized spacial score (nSPS) is 12.6. The number of halogens is 2. The second-order valence-electron chi connectivity index (χ2n) is 4.87. The predicted octanol–water partition coefficient (Wildman–Crippen LogP) is 4.01. The van der Waals surface area contributed by atoms with E-state index in [4.69, 9.17) is 23.2 Å². The molecule has 0 aliphatic heterocycles. The maximum atomic E-state index is 6.12. The Hall–Kier alpha value is -1.03. The van der Waals surface area contributed by atoms with Gasteiger partial charge in [0.15, 0.2) is 0 Å². The van der Waals surface area contributed by atoms with E-state index in [0.29, 0.717) is 10.0 Å². The minimum absolute atomic E-state index is 0.194. The molecule has 1 heterocycles. The van der Waals surface area contributed by atoms with E-state index in [9.17, 15) is 0 Å². The van der Waals surface area contributed by atoms with Crippen LogP contribution in [-0.2, 0) is 13.5 Å². The minimum Gasteiger partial charge on any atom is -0.310 e. The van der Waals surface area contributed by atoms with Crippen LogP contribution in [0.4, 0.5) is 0 Å². The molecular formula is C15H19Cl2N3. The van der Waals surface area contributed by atoms with Gasteiger partial charge in [-0.25, -0.2) is 0 Å². The largest absolute Gasteiger partial charge is 0.310 e. The first kappa shape index (κ1) is 15.4. The zero-order valence-electron chi connectivity index (χ0n) is 11.7. The summed E-state index contributed by atoms with van der Waals surface area (Å²) in [5, 5.41) is 9.16. The predicted molar refractivity (Wildman–Crippen MR) is 84.4 cm³/mol. The highest BCUT2D eigenvalue weighted by Crippen LogP contribution is 2.27. The summed E-state index contributed by atoms with van der Waals surface area (Å²) in [5.74, 6) is 0. The van der Waals surface area contributed by atoms with Crippen LogP contribution >= 0.6 is 23.2 Å². The van der Waals surface area contributed by atoms with Gasteiger partial charge in [0, 0.05) is 25.7 Å². The average molecular weight is 312 g/mol. The lowest BCUT2D eigenvalue weighted by atomic mass is 10.0. The zero-order chi connectivity index (χ0) is 14.5. The molecule has 1 aromatic carbocycles. The zero-order valence-corrected chi connectivity index (χ0v) is 13.2. The first-order valence-corrected chi connectivity index (χ1v) is 7.52. The van der Waals surface area contributed by atoms with E-state index >= 15 is 0 Å². The first-order valence-electron chi connectivity index (χ1n) is 6.77. The number of nitrogens with zero attached hydrogens (tertiary/aromatic N) is 2. The third kappa shape index (κ3) is 3.98. The standard InChI is InChI=1S/C15H19Cl2N3/c1-3-7-18-15(10-12-6-8-20(2)19-12)11-4-5-13(16)14(17)9-11/h4-6,8-9,15,18H,3,7,10H2,1-2H3. The van der Waals surface area contributed by atoms with Gasteiger partial charge in [0.25, 0.3) is 0 Å². The Morgan fingerprint density at radius 1 is 1.25 bits per heavy atom. The van der Waals surface area contributed by atoms with Crippen LogP contribution in [0.5, 0.6) is 0 Å². The van der Waals surface area contributed by atoms with Crippen LogP contribution in [-0.4, -0.2) is 16.3 Å². The van der Waals surface area contributed by atoms with Crippen LogP contribution in [0.3, 0.4) is 0 Å². The Balaban J connectivity index is 2.19. The molecular weight excluding hydrogens is 293 g/mol. The molecule has 1 unspecified atom stereocenters. The highest BCUT2D eigenvalue weighted by molar-refractivity contribution is 6.42. The van der Waals surface area contributed by atoms with Gasteiger partial charge in [0.05, 0.1) is 15.7 Å². The van der Waals surface area contributed by atoms with Crippen molar-refractivity contribution in [3.05, 3.63) is 51.8 Å². The summed E-state index contributed by atoms with van der Waals surface area (Å²) in [6.07, 6.45) is 3.87. The van der Waals surface area contributed by atoms with Gasteiger partial charge in [-0.05, 0) is 36.7 Å². The summed E-state index contributed by atoms with van der Waals surface area (Å²) < 4.78 is 1.82. The van der Waals surface area contributed by atoms with Gasteiger partial charge in [0.1, 0.15) is 0 Å². The molecule has 0 spiro atoms. The second-order valence-corrected chi connectivity index (χ2v) is 5.68. The maximum Gasteiger partial charge on any atom is 0.0643 e. The number of hydrogen-bond acceptors (Lipinski definition) is 2. The summed E-state index contributed by atoms with van der Waals surface area (Å²) in [4.78, 5) is 0. The molecule has 0 aliphatic rings. The van der Waals surface area contributed by atoms with E-state index in [1.807, 2.05) is 42.2 Å². The fraction of sp³-hybridized carbons (Fsp3) is 0.400. The van der Waals surface area contributed by atoms with Gasteiger partial charge in [-0.3, -0.25) is 4.68 Å². The molecule has 2 aromatic rings. The van der Waals surface area contributed by atoms with E-state index in [-0.39, 0.29) is 6.04 Å². The molecule has 3 nitrogen and oxygen atoms in total. The van der Waals surface area contributed by atoms with Crippen molar-refractivity contribution in [3.63, 3.8) is 0 Å². The molecule has 0 amide bonds. The average Bonchev–Trinajstić information content (AvgIpc) is 2.83. The van der Waals surface area contributed by atoms with Gasteiger partial charge in [-0.1, -0.05) is 36.2 Å². The van der Waals surface area contributed by atoms with Crippen molar-refractivity contribution >= 4 is 23.2 Å². The summed E-state index contributed by atoms with van der Waals surface area (Å²) in [5.41, 5.74) is 2.20. The van der Waals surface area contributed by atoms with Crippen molar-refractivity contribution in [1.82, 2.24) is 15.1 Å². The molecule has 0 radical (unpaired) electrons. The van der Waals surface area contributed by atoms with E-state index in [1.54, 1.807) is 0 Å². The second kappa shape index (κ2) is 7.11. The van der Waals surface area contributed by atoms with E-state index < -0.39 is 0 Å². The van der Waals surface area contributed by atoms with Gasteiger partial charge in [-0.2, -0.15) is 5.10 Å². The fourth-order valence-corrected chi connectivity index (χ4v) is 2.44. The summed E-state index contributed by atoms with van der Waals surface area (Å²) in [7, 11) is 1.93. The molecule has 108 valence electrons. The van der Waals surface area contributed by atoms with E-state index in [0.717, 1.165) is 30.6 Å². The Kier molecular flexibility index (Phi) is 5.46. The molecule has 0 bridgehead atoms. The lowest BCUT2D eigenvalue weighted by molar-refractivity contribution is 0.521. The molecule has 0 saturated heterocycles. The van der Waals surface area contributed by atoms with Gasteiger partial charge >= 0.3 is 0 Å². The van der Waals surface area contributed by atoms with Gasteiger partial charge in [-0.15, -0.1) is 0 Å². The van der Waals surface area contributed by atoms with Crippen LogP contribution < -0.4 is 5.32 Å². The minimum atomic E-state index is 0.194. The van der Waals surface area contributed by atoms with Crippen LogP contribution in [0.2, 0.25) is 10.0 Å². The number of nitrogens with one attached hydrogen (secondary N) is 1. The number of aromatic nitrogens is 2. The number of benzene rings is 1. The van der Waals surface area contributed by atoms with Crippen molar-refractivity contribution in [2.24, 2.45) is 7.05 Å². The molecule has 1 atom stereocenters. The molecule has 0 aliphatic carbocycles. The quantitative estimate of drug-likeness (QED) is 0.873. The van der Waals surface area contributed by atoms with Crippen LogP contribution in [0.1, 0.15) is 30.6 Å². The van der Waals surface area contributed by atoms with E-state index in [1.165, 1.54) is 0 Å². The topological polar surface area (TPSA) is 29.9 Å². The molecule has 20 heavy (non-hydrogen) atoms. The molecule has 2 rings (SSSR count). The van der Waals surface area contributed by atoms with Crippen molar-refractivity contribution < 1.29 is 0 Å². The fourth-order valence-electron chi connectivity index (χ4n) is 2.14. The summed E-state index contributed by atoms with van der Waals surface area (Å²) >= 11 is 12.1. The van der Waals surface area contributed by atoms with E-state index in [2.05, 4.69) is 17.3 Å². The Morgan fingerprint density at radius 2 is 2.05 bits per heavy atom. The number of hydrogen-bond donors (Lipinski definition) is 1. The highest BCUT2D eigenvalue weighted by Gasteiger charge is 2.14. The summed E-state index contributed by atoms with van der Waals surface area (Å²) in [6, 6.07) is 8.03. The molecule has 1 N–H and O–H groups in total. The lowest BCUT2D eigenvalue weighted by Gasteiger charge is -2.18. The van der Waals surface area contributed by atoms with Crippen molar-refractivity contribution in [3.8, 4) is 0 Å². The Morgan fingerprint density at radius 3 is 2.65 bits per heavy atom. The SMILES string of the molecule is CCCNC(Cc1ccn(C)n1)c1ccc(Cl)c(Cl)c1. The third-order valence-electron chi connectivity index (χ3n) is 3.17. The van der Waals surface area contributed by atoms with Crippen molar-refractivity contribution in [2.75, 3.05) is 6.54 Å². The summed E-state index contributed by atoms with van der Waals surface area (Å²) in [6.45, 7) is 3.11. The van der Waals surface area contributed by atoms with Gasteiger partial charge in [0.2, 0.25) is 0 Å². The number of aryl methyl sites for hydroxylation is 1. The molecule has 0 fully saturated rings. The lowest BCUT2D eigenvalue weighted by Crippen LogP contribution is -2.24. The molecule has 1 aromatic heterocycles.